The van der Waals surface area contributed by atoms with Crippen LogP contribution < -0.4 is 10.6 Å². The van der Waals surface area contributed by atoms with Crippen molar-refractivity contribution in [1.82, 2.24) is 4.98 Å². The van der Waals surface area contributed by atoms with Crippen LogP contribution in [0.3, 0.4) is 0 Å². The van der Waals surface area contributed by atoms with E-state index >= 15 is 0 Å². The number of alkyl halides is 2. The van der Waals surface area contributed by atoms with Crippen LogP contribution in [-0.2, 0) is 6.42 Å². The van der Waals surface area contributed by atoms with Crippen molar-refractivity contribution < 1.29 is 8.78 Å². The molecule has 0 aliphatic carbocycles. The fourth-order valence-electron chi connectivity index (χ4n) is 2.10. The molecule has 18 heavy (non-hydrogen) atoms. The molecule has 102 valence electrons. The van der Waals surface area contributed by atoms with Gasteiger partial charge in [-0.05, 0) is 26.2 Å². The van der Waals surface area contributed by atoms with Gasteiger partial charge in [0.15, 0.2) is 5.13 Å². The van der Waals surface area contributed by atoms with Crippen molar-refractivity contribution in [2.45, 2.75) is 38.5 Å². The molecule has 6 heteroatoms. The topological polar surface area (TPSA) is 42.2 Å². The Bertz CT molecular complexity index is 400. The van der Waals surface area contributed by atoms with Crippen molar-refractivity contribution >= 4 is 16.5 Å². The highest BCUT2D eigenvalue weighted by Crippen LogP contribution is 2.31. The SMILES string of the molecule is Cc1nc(N2CCCCC2)sc1CC(F)(F)CN. The number of hydrogen-bond donors (Lipinski definition) is 1. The molecule has 0 radical (unpaired) electrons. The van der Waals surface area contributed by atoms with Gasteiger partial charge in [-0.15, -0.1) is 11.3 Å². The van der Waals surface area contributed by atoms with E-state index in [9.17, 15) is 8.78 Å². The van der Waals surface area contributed by atoms with Gasteiger partial charge >= 0.3 is 0 Å². The number of hydrogen-bond acceptors (Lipinski definition) is 4. The van der Waals surface area contributed by atoms with Crippen LogP contribution in [-0.4, -0.2) is 30.5 Å². The van der Waals surface area contributed by atoms with E-state index < -0.39 is 12.5 Å². The van der Waals surface area contributed by atoms with Crippen molar-refractivity contribution in [2.75, 3.05) is 24.5 Å². The molecule has 1 aliphatic heterocycles. The summed E-state index contributed by atoms with van der Waals surface area (Å²) in [5.74, 6) is -2.82. The summed E-state index contributed by atoms with van der Waals surface area (Å²) in [7, 11) is 0. The molecule has 0 amide bonds. The Balaban J connectivity index is 2.11. The third kappa shape index (κ3) is 3.17. The Morgan fingerprint density at radius 1 is 1.33 bits per heavy atom. The van der Waals surface area contributed by atoms with Crippen molar-refractivity contribution in [3.05, 3.63) is 10.6 Å². The number of rotatable bonds is 4. The number of nitrogens with zero attached hydrogens (tertiary/aromatic N) is 2. The molecule has 3 nitrogen and oxygen atoms in total. The third-order valence-electron chi connectivity index (χ3n) is 3.23. The Hall–Kier alpha value is -0.750. The monoisotopic (exact) mass is 275 g/mol. The van der Waals surface area contributed by atoms with Crippen LogP contribution in [0.5, 0.6) is 0 Å². The van der Waals surface area contributed by atoms with Crippen LogP contribution in [0.15, 0.2) is 0 Å². The average Bonchev–Trinajstić information content (AvgIpc) is 2.72. The summed E-state index contributed by atoms with van der Waals surface area (Å²) in [4.78, 5) is 7.28. The van der Waals surface area contributed by atoms with Crippen molar-refractivity contribution in [3.8, 4) is 0 Å². The Morgan fingerprint density at radius 2 is 2.00 bits per heavy atom. The molecule has 2 rings (SSSR count). The quantitative estimate of drug-likeness (QED) is 0.918. The molecule has 1 saturated heterocycles. The second-order valence-electron chi connectivity index (χ2n) is 4.79. The summed E-state index contributed by atoms with van der Waals surface area (Å²) >= 11 is 1.39. The van der Waals surface area contributed by atoms with E-state index in [1.165, 1.54) is 17.8 Å². The van der Waals surface area contributed by atoms with Gasteiger partial charge < -0.3 is 10.6 Å². The fraction of sp³-hybridized carbons (Fsp3) is 0.750. The van der Waals surface area contributed by atoms with Crippen LogP contribution in [0, 0.1) is 6.92 Å². The van der Waals surface area contributed by atoms with Gasteiger partial charge in [0.1, 0.15) is 0 Å². The van der Waals surface area contributed by atoms with Gasteiger partial charge in [0.2, 0.25) is 0 Å². The fourth-order valence-corrected chi connectivity index (χ4v) is 3.30. The molecule has 1 aromatic rings. The first kappa shape index (κ1) is 13.7. The van der Waals surface area contributed by atoms with Gasteiger partial charge in [0.25, 0.3) is 5.92 Å². The molecule has 0 unspecified atom stereocenters. The van der Waals surface area contributed by atoms with E-state index in [1.807, 2.05) is 0 Å². The van der Waals surface area contributed by atoms with E-state index in [-0.39, 0.29) is 6.42 Å². The minimum absolute atomic E-state index is 0.291. The van der Waals surface area contributed by atoms with Gasteiger partial charge in [0.05, 0.1) is 12.2 Å². The summed E-state index contributed by atoms with van der Waals surface area (Å²) < 4.78 is 26.6. The predicted octanol–water partition coefficient (Wildman–Crippen LogP) is 2.58. The molecule has 0 aromatic carbocycles. The Morgan fingerprint density at radius 3 is 2.61 bits per heavy atom. The van der Waals surface area contributed by atoms with Crippen LogP contribution >= 0.6 is 11.3 Å². The van der Waals surface area contributed by atoms with Gasteiger partial charge in [-0.25, -0.2) is 13.8 Å². The number of thiazole rings is 1. The smallest absolute Gasteiger partial charge is 0.264 e. The highest BCUT2D eigenvalue weighted by atomic mass is 32.1. The van der Waals surface area contributed by atoms with Gasteiger partial charge in [0, 0.05) is 24.4 Å². The van der Waals surface area contributed by atoms with E-state index in [2.05, 4.69) is 9.88 Å². The average molecular weight is 275 g/mol. The summed E-state index contributed by atoms with van der Waals surface area (Å²) in [6.07, 6.45) is 3.28. The highest BCUT2D eigenvalue weighted by molar-refractivity contribution is 7.15. The van der Waals surface area contributed by atoms with Crippen molar-refractivity contribution in [3.63, 3.8) is 0 Å². The summed E-state index contributed by atoms with van der Waals surface area (Å²) in [6.45, 7) is 3.16. The summed E-state index contributed by atoms with van der Waals surface area (Å²) in [6, 6.07) is 0. The van der Waals surface area contributed by atoms with Crippen LogP contribution in [0.4, 0.5) is 13.9 Å². The maximum absolute atomic E-state index is 13.3. The largest absolute Gasteiger partial charge is 0.348 e. The van der Waals surface area contributed by atoms with Gasteiger partial charge in [-0.1, -0.05) is 0 Å². The van der Waals surface area contributed by atoms with Crippen LogP contribution in [0.1, 0.15) is 29.8 Å². The lowest BCUT2D eigenvalue weighted by Crippen LogP contribution is -2.30. The zero-order valence-corrected chi connectivity index (χ0v) is 11.4. The first-order valence-corrected chi connectivity index (χ1v) is 7.12. The predicted molar refractivity (Wildman–Crippen MR) is 70.6 cm³/mol. The number of aromatic nitrogens is 1. The lowest BCUT2D eigenvalue weighted by Gasteiger charge is -2.25. The van der Waals surface area contributed by atoms with Gasteiger partial charge in [-0.3, -0.25) is 0 Å². The Labute approximate surface area is 110 Å². The molecule has 0 saturated carbocycles. The number of anilines is 1. The number of piperidine rings is 1. The van der Waals surface area contributed by atoms with Gasteiger partial charge in [-0.2, -0.15) is 0 Å². The summed E-state index contributed by atoms with van der Waals surface area (Å²) in [5.41, 5.74) is 5.79. The first-order valence-electron chi connectivity index (χ1n) is 6.31. The third-order valence-corrected chi connectivity index (χ3v) is 4.44. The minimum Gasteiger partial charge on any atom is -0.348 e. The number of halogens is 2. The normalized spacial score (nSPS) is 17.2. The molecular weight excluding hydrogens is 256 g/mol. The molecule has 0 spiro atoms. The van der Waals surface area contributed by atoms with Crippen molar-refractivity contribution in [2.24, 2.45) is 5.73 Å². The summed E-state index contributed by atoms with van der Waals surface area (Å²) in [5, 5.41) is 0.884. The molecular formula is C12H19F2N3S. The molecule has 1 fully saturated rings. The second-order valence-corrected chi connectivity index (χ2v) is 5.85. The lowest BCUT2D eigenvalue weighted by molar-refractivity contribution is 0.0121. The molecule has 2 heterocycles. The standard InChI is InChI=1S/C12H19F2N3S/c1-9-10(7-12(13,14)8-15)18-11(16-9)17-5-3-2-4-6-17/h2-8,15H2,1H3. The highest BCUT2D eigenvalue weighted by Gasteiger charge is 2.30. The lowest BCUT2D eigenvalue weighted by atomic mass is 10.1. The number of nitrogens with two attached hydrogens (primary N) is 1. The second kappa shape index (κ2) is 5.48. The maximum atomic E-state index is 13.3. The minimum atomic E-state index is -2.82. The molecule has 0 atom stereocenters. The van der Waals surface area contributed by atoms with E-state index in [0.29, 0.717) is 10.6 Å². The molecule has 1 aliphatic rings. The van der Waals surface area contributed by atoms with E-state index in [0.717, 1.165) is 31.1 Å². The molecule has 2 N–H and O–H groups in total. The van der Waals surface area contributed by atoms with Crippen LogP contribution in [0.2, 0.25) is 0 Å². The zero-order chi connectivity index (χ0) is 13.2. The zero-order valence-electron chi connectivity index (χ0n) is 10.6. The maximum Gasteiger partial charge on any atom is 0.264 e. The van der Waals surface area contributed by atoms with Crippen LogP contribution in [0.25, 0.3) is 0 Å². The van der Waals surface area contributed by atoms with E-state index in [1.54, 1.807) is 6.92 Å². The number of aryl methyl sites for hydroxylation is 1. The molecule has 1 aromatic heterocycles. The van der Waals surface area contributed by atoms with E-state index in [4.69, 9.17) is 5.73 Å². The molecule has 0 bridgehead atoms. The Kier molecular flexibility index (Phi) is 4.17. The van der Waals surface area contributed by atoms with Crippen molar-refractivity contribution in [1.29, 1.82) is 0 Å². The first-order chi connectivity index (χ1) is 8.52.